The van der Waals surface area contributed by atoms with Crippen molar-refractivity contribution in [2.24, 2.45) is 11.7 Å². The lowest BCUT2D eigenvalue weighted by Gasteiger charge is -2.13. The molecule has 2 N–H and O–H groups in total. The van der Waals surface area contributed by atoms with Gasteiger partial charge < -0.3 is 10.2 Å². The lowest BCUT2D eigenvalue weighted by Crippen LogP contribution is -2.18. The molecular weight excluding hydrogens is 277 g/mol. The van der Waals surface area contributed by atoms with Crippen LogP contribution in [0.1, 0.15) is 37.8 Å². The number of hydrogen-bond acceptors (Lipinski definition) is 5. The van der Waals surface area contributed by atoms with E-state index in [1.54, 1.807) is 6.07 Å². The van der Waals surface area contributed by atoms with Crippen LogP contribution < -0.4 is 5.73 Å². The number of thioether (sulfide) groups is 1. The zero-order valence-electron chi connectivity index (χ0n) is 11.5. The van der Waals surface area contributed by atoms with E-state index in [-0.39, 0.29) is 17.8 Å². The molecule has 1 aromatic heterocycles. The molecule has 2 rings (SSSR count). The highest BCUT2D eigenvalue weighted by atomic mass is 32.2. The second-order valence-electron chi connectivity index (χ2n) is 4.74. The number of hydrogen-bond donors (Lipinski definition) is 1. The quantitative estimate of drug-likeness (QED) is 0.826. The van der Waals surface area contributed by atoms with Gasteiger partial charge in [0.15, 0.2) is 0 Å². The van der Waals surface area contributed by atoms with Gasteiger partial charge in [0.2, 0.25) is 5.89 Å². The summed E-state index contributed by atoms with van der Waals surface area (Å²) in [6.45, 7) is 4.12. The Balaban J connectivity index is 1.96. The average molecular weight is 295 g/mol. The van der Waals surface area contributed by atoms with Crippen LogP contribution in [0.2, 0.25) is 0 Å². The first kappa shape index (κ1) is 15.0. The number of nitrogens with two attached hydrogens (primary N) is 1. The van der Waals surface area contributed by atoms with Gasteiger partial charge in [-0.05, 0) is 23.6 Å². The van der Waals surface area contributed by atoms with E-state index in [0.717, 1.165) is 12.0 Å². The Labute approximate surface area is 122 Å². The monoisotopic (exact) mass is 295 g/mol. The van der Waals surface area contributed by atoms with Crippen molar-refractivity contribution >= 4 is 11.8 Å². The molecule has 2 aromatic rings. The Morgan fingerprint density at radius 1 is 1.40 bits per heavy atom. The maximum Gasteiger partial charge on any atom is 0.276 e. The van der Waals surface area contributed by atoms with Gasteiger partial charge in [-0.3, -0.25) is 0 Å². The average Bonchev–Trinajstić information content (AvgIpc) is 2.92. The Morgan fingerprint density at radius 2 is 2.20 bits per heavy atom. The van der Waals surface area contributed by atoms with E-state index < -0.39 is 0 Å². The Bertz CT molecular complexity index is 561. The van der Waals surface area contributed by atoms with Crippen LogP contribution in [-0.4, -0.2) is 10.2 Å². The van der Waals surface area contributed by atoms with Crippen molar-refractivity contribution in [3.8, 4) is 0 Å². The summed E-state index contributed by atoms with van der Waals surface area (Å²) in [5.41, 5.74) is 6.91. The van der Waals surface area contributed by atoms with E-state index in [1.165, 1.54) is 23.9 Å². The van der Waals surface area contributed by atoms with Crippen molar-refractivity contribution in [3.63, 3.8) is 0 Å². The fraction of sp³-hybridized carbons (Fsp3) is 0.429. The normalized spacial score (nSPS) is 14.2. The number of nitrogens with zero attached hydrogens (tertiary/aromatic N) is 2. The fourth-order valence-electron chi connectivity index (χ4n) is 1.68. The van der Waals surface area contributed by atoms with Crippen LogP contribution >= 0.6 is 11.8 Å². The molecule has 0 aliphatic heterocycles. The molecule has 0 saturated carbocycles. The Hall–Kier alpha value is -1.40. The van der Waals surface area contributed by atoms with E-state index in [4.69, 9.17) is 10.2 Å². The minimum absolute atomic E-state index is 0.240. The van der Waals surface area contributed by atoms with Gasteiger partial charge in [-0.1, -0.05) is 44.2 Å². The van der Waals surface area contributed by atoms with Crippen molar-refractivity contribution in [3.05, 3.63) is 41.5 Å². The minimum atomic E-state index is -0.242. The van der Waals surface area contributed by atoms with E-state index in [2.05, 4.69) is 24.0 Å². The summed E-state index contributed by atoms with van der Waals surface area (Å²) in [5.74, 6) is 1.09. The highest BCUT2D eigenvalue weighted by molar-refractivity contribution is 7.98. The van der Waals surface area contributed by atoms with Crippen LogP contribution in [0.15, 0.2) is 33.9 Å². The van der Waals surface area contributed by atoms with Gasteiger partial charge in [0, 0.05) is 5.75 Å². The van der Waals surface area contributed by atoms with Gasteiger partial charge >= 0.3 is 0 Å². The third-order valence-corrected chi connectivity index (χ3v) is 4.11. The fourth-order valence-corrected chi connectivity index (χ4v) is 2.40. The first-order valence-electron chi connectivity index (χ1n) is 6.56. The van der Waals surface area contributed by atoms with Crippen LogP contribution in [0.3, 0.4) is 0 Å². The highest BCUT2D eigenvalue weighted by Gasteiger charge is 2.19. The number of aromatic nitrogens is 2. The molecule has 0 spiro atoms. The van der Waals surface area contributed by atoms with Crippen LogP contribution in [0.25, 0.3) is 0 Å². The molecule has 108 valence electrons. The second-order valence-corrected chi connectivity index (χ2v) is 5.66. The summed E-state index contributed by atoms with van der Waals surface area (Å²) in [7, 11) is 0. The van der Waals surface area contributed by atoms with Crippen molar-refractivity contribution in [1.82, 2.24) is 10.2 Å². The van der Waals surface area contributed by atoms with Crippen molar-refractivity contribution in [1.29, 1.82) is 0 Å². The standard InChI is InChI=1S/C14H18FN3OS/c1-3-9(2)12(16)13-17-18-14(19-13)20-8-10-5-4-6-11(15)7-10/h4-7,9,12H,3,8,16H2,1-2H3/t9-,12-/m1/s1. The summed E-state index contributed by atoms with van der Waals surface area (Å²) < 4.78 is 18.6. The van der Waals surface area contributed by atoms with Crippen molar-refractivity contribution in [2.45, 2.75) is 37.3 Å². The third-order valence-electron chi connectivity index (χ3n) is 3.22. The van der Waals surface area contributed by atoms with Gasteiger partial charge in [-0.2, -0.15) is 0 Å². The molecule has 1 aromatic carbocycles. The molecule has 0 amide bonds. The number of benzene rings is 1. The maximum absolute atomic E-state index is 13.1. The molecule has 6 heteroatoms. The first-order chi connectivity index (χ1) is 9.60. The predicted octanol–water partition coefficient (Wildman–Crippen LogP) is 3.55. The molecule has 0 saturated heterocycles. The zero-order valence-corrected chi connectivity index (χ0v) is 12.4. The van der Waals surface area contributed by atoms with Crippen LogP contribution in [0.5, 0.6) is 0 Å². The molecule has 0 unspecified atom stereocenters. The maximum atomic E-state index is 13.1. The van der Waals surface area contributed by atoms with Gasteiger partial charge in [-0.15, -0.1) is 10.2 Å². The molecule has 0 radical (unpaired) electrons. The largest absolute Gasteiger partial charge is 0.414 e. The van der Waals surface area contributed by atoms with E-state index in [0.29, 0.717) is 16.9 Å². The molecule has 2 atom stereocenters. The molecule has 4 nitrogen and oxygen atoms in total. The number of halogens is 1. The molecule has 0 bridgehead atoms. The van der Waals surface area contributed by atoms with Crippen LogP contribution in [-0.2, 0) is 5.75 Å². The highest BCUT2D eigenvalue weighted by Crippen LogP contribution is 2.26. The molecule has 0 fully saturated rings. The summed E-state index contributed by atoms with van der Waals surface area (Å²) in [5, 5.41) is 8.40. The first-order valence-corrected chi connectivity index (χ1v) is 7.55. The lowest BCUT2D eigenvalue weighted by molar-refractivity contribution is 0.333. The van der Waals surface area contributed by atoms with Gasteiger partial charge in [-0.25, -0.2) is 4.39 Å². The van der Waals surface area contributed by atoms with Crippen molar-refractivity contribution < 1.29 is 8.81 Å². The summed E-state index contributed by atoms with van der Waals surface area (Å²) in [4.78, 5) is 0. The van der Waals surface area contributed by atoms with Crippen LogP contribution in [0.4, 0.5) is 4.39 Å². The summed E-state index contributed by atoms with van der Waals surface area (Å²) in [6, 6.07) is 6.22. The van der Waals surface area contributed by atoms with Crippen molar-refractivity contribution in [2.75, 3.05) is 0 Å². The molecular formula is C14H18FN3OS. The smallest absolute Gasteiger partial charge is 0.276 e. The van der Waals surface area contributed by atoms with E-state index in [9.17, 15) is 4.39 Å². The predicted molar refractivity (Wildman–Crippen MR) is 76.6 cm³/mol. The van der Waals surface area contributed by atoms with E-state index in [1.807, 2.05) is 6.07 Å². The minimum Gasteiger partial charge on any atom is -0.414 e. The molecule has 0 aliphatic carbocycles. The van der Waals surface area contributed by atoms with Gasteiger partial charge in [0.05, 0.1) is 6.04 Å². The number of rotatable bonds is 6. The summed E-state index contributed by atoms with van der Waals surface area (Å²) >= 11 is 1.38. The van der Waals surface area contributed by atoms with Gasteiger partial charge in [0.1, 0.15) is 5.82 Å². The second kappa shape index (κ2) is 6.85. The van der Waals surface area contributed by atoms with E-state index >= 15 is 0 Å². The Morgan fingerprint density at radius 3 is 2.90 bits per heavy atom. The molecule has 0 aliphatic rings. The van der Waals surface area contributed by atoms with Crippen LogP contribution in [0, 0.1) is 11.7 Å². The molecule has 20 heavy (non-hydrogen) atoms. The summed E-state index contributed by atoms with van der Waals surface area (Å²) in [6.07, 6.45) is 0.954. The zero-order chi connectivity index (χ0) is 14.5. The van der Waals surface area contributed by atoms with Gasteiger partial charge in [0.25, 0.3) is 5.22 Å². The topological polar surface area (TPSA) is 64.9 Å². The SMILES string of the molecule is CC[C@@H](C)[C@@H](N)c1nnc(SCc2cccc(F)c2)o1. The Kier molecular flexibility index (Phi) is 5.14. The lowest BCUT2D eigenvalue weighted by atomic mass is 10.0. The molecule has 1 heterocycles. The third kappa shape index (κ3) is 3.80.